The van der Waals surface area contributed by atoms with Gasteiger partial charge in [0.05, 0.1) is 0 Å². The molecule has 0 unspecified atom stereocenters. The molecule has 0 saturated heterocycles. The Balaban J connectivity index is 1.47. The van der Waals surface area contributed by atoms with Crippen molar-refractivity contribution in [2.24, 2.45) is 9.98 Å². The molecular weight excluding hydrogens is 569 g/mol. The minimum absolute atomic E-state index is 0.248. The van der Waals surface area contributed by atoms with Gasteiger partial charge in [-0.3, -0.25) is 0 Å². The van der Waals surface area contributed by atoms with Crippen molar-refractivity contribution < 1.29 is 9.47 Å². The molecule has 2 saturated carbocycles. The van der Waals surface area contributed by atoms with Gasteiger partial charge in [-0.25, -0.2) is 5.26 Å². The van der Waals surface area contributed by atoms with Crippen LogP contribution in [0, 0.1) is 40.6 Å². The maximum atomic E-state index is 9.27. The number of nitriles is 3. The highest BCUT2D eigenvalue weighted by Crippen LogP contribution is 2.60. The van der Waals surface area contributed by atoms with E-state index >= 15 is 0 Å². The summed E-state index contributed by atoms with van der Waals surface area (Å²) in [5.41, 5.74) is 2.89. The summed E-state index contributed by atoms with van der Waals surface area (Å²) < 4.78 is 13.5. The Morgan fingerprint density at radius 1 is 0.762 bits per heavy atom. The van der Waals surface area contributed by atoms with Crippen LogP contribution in [0.15, 0.2) is 22.1 Å². The maximum absolute atomic E-state index is 9.27. The number of aliphatic imine (C=N–C) groups is 2. The van der Waals surface area contributed by atoms with Gasteiger partial charge in [0.25, 0.3) is 0 Å². The van der Waals surface area contributed by atoms with Crippen molar-refractivity contribution in [2.45, 2.75) is 75.4 Å². The van der Waals surface area contributed by atoms with Crippen LogP contribution >= 0.6 is 22.7 Å². The van der Waals surface area contributed by atoms with Crippen LogP contribution in [0.5, 0.6) is 11.8 Å². The van der Waals surface area contributed by atoms with Crippen LogP contribution in [-0.2, 0) is 11.2 Å². The number of amidine groups is 1. The summed E-state index contributed by atoms with van der Waals surface area (Å²) >= 11 is 2.64. The first-order chi connectivity index (χ1) is 20.5. The Kier molecular flexibility index (Phi) is 6.28. The van der Waals surface area contributed by atoms with Crippen molar-refractivity contribution in [2.75, 3.05) is 0 Å². The van der Waals surface area contributed by atoms with Crippen molar-refractivity contribution in [1.82, 2.24) is 9.97 Å². The van der Waals surface area contributed by atoms with E-state index in [-0.39, 0.29) is 11.5 Å². The molecule has 0 radical (unpaired) electrons. The number of thiazole rings is 2. The zero-order valence-corrected chi connectivity index (χ0v) is 24.1. The molecule has 206 valence electrons. The quantitative estimate of drug-likeness (QED) is 0.169. The minimum Gasteiger partial charge on any atom is -0.465 e. The Morgan fingerprint density at radius 3 is 1.67 bits per heavy atom. The molecule has 10 nitrogen and oxygen atoms in total. The lowest BCUT2D eigenvalue weighted by atomic mass is 9.71. The average Bonchev–Trinajstić information content (AvgIpc) is 3.62. The summed E-state index contributed by atoms with van der Waals surface area (Å²) in [6.45, 7) is 7.24. The fourth-order valence-corrected chi connectivity index (χ4v) is 8.50. The first kappa shape index (κ1) is 26.3. The largest absolute Gasteiger partial charge is 0.465 e. The Bertz CT molecular complexity index is 1690. The van der Waals surface area contributed by atoms with E-state index in [2.05, 4.69) is 36.9 Å². The molecule has 0 bridgehead atoms. The molecule has 0 amide bonds. The second-order valence-electron chi connectivity index (χ2n) is 10.9. The summed E-state index contributed by atoms with van der Waals surface area (Å²) in [6.07, 6.45) is 9.77. The highest BCUT2D eigenvalue weighted by atomic mass is 32.1. The molecule has 2 aliphatic heterocycles. The highest BCUT2D eigenvalue weighted by Gasteiger charge is 2.49. The minimum atomic E-state index is -0.556. The van der Waals surface area contributed by atoms with Crippen LogP contribution < -0.4 is 9.47 Å². The third-order valence-electron chi connectivity index (χ3n) is 8.53. The highest BCUT2D eigenvalue weighted by molar-refractivity contribution is 7.19. The van der Waals surface area contributed by atoms with Crippen molar-refractivity contribution in [3.05, 3.63) is 34.7 Å². The maximum Gasteiger partial charge on any atom is 0.352 e. The predicted molar refractivity (Wildman–Crippen MR) is 157 cm³/mol. The van der Waals surface area contributed by atoms with E-state index in [0.717, 1.165) is 96.2 Å². The molecule has 2 spiro atoms. The lowest BCUT2D eigenvalue weighted by molar-refractivity contribution is 0.0163. The molecular formula is C30H22N8O2S2. The van der Waals surface area contributed by atoms with Crippen LogP contribution in [0.4, 0.5) is 10.3 Å². The fourth-order valence-electron chi connectivity index (χ4n) is 6.70. The summed E-state index contributed by atoms with van der Waals surface area (Å²) in [7, 11) is 0. The van der Waals surface area contributed by atoms with Crippen molar-refractivity contribution in [3.63, 3.8) is 0 Å². The zero-order valence-electron chi connectivity index (χ0n) is 22.4. The molecule has 42 heavy (non-hydrogen) atoms. The Labute approximate surface area is 250 Å². The predicted octanol–water partition coefficient (Wildman–Crippen LogP) is 7.63. The van der Waals surface area contributed by atoms with Crippen LogP contribution in [-0.4, -0.2) is 21.5 Å². The van der Waals surface area contributed by atoms with E-state index in [1.807, 2.05) is 18.2 Å². The van der Waals surface area contributed by atoms with Gasteiger partial charge >= 0.3 is 11.0 Å². The van der Waals surface area contributed by atoms with Crippen LogP contribution in [0.3, 0.4) is 0 Å². The Morgan fingerprint density at radius 2 is 1.24 bits per heavy atom. The van der Waals surface area contributed by atoms with Gasteiger partial charge < -0.3 is 14.3 Å². The van der Waals surface area contributed by atoms with Gasteiger partial charge in [0.1, 0.15) is 39.2 Å². The van der Waals surface area contributed by atoms with E-state index in [1.165, 1.54) is 22.7 Å². The zero-order chi connectivity index (χ0) is 28.9. The monoisotopic (exact) mass is 590 g/mol. The smallest absolute Gasteiger partial charge is 0.352 e. The van der Waals surface area contributed by atoms with E-state index in [9.17, 15) is 15.8 Å². The van der Waals surface area contributed by atoms with E-state index in [0.29, 0.717) is 22.0 Å². The van der Waals surface area contributed by atoms with Gasteiger partial charge in [-0.05, 0) is 63.5 Å². The van der Waals surface area contributed by atoms with Gasteiger partial charge in [0.15, 0.2) is 0 Å². The topological polar surface area (TPSA) is 145 Å². The number of ether oxygens (including phenoxy) is 2. The van der Waals surface area contributed by atoms with E-state index in [4.69, 9.17) is 16.0 Å². The number of benzene rings is 1. The van der Waals surface area contributed by atoms with Crippen LogP contribution in [0.25, 0.3) is 25.7 Å². The summed E-state index contributed by atoms with van der Waals surface area (Å²) in [6, 6.07) is 9.93. The molecule has 2 aliphatic carbocycles. The SMILES string of the molecule is [C-]#[N+]/C(C#N)=N/c1nc2c(s1)-c1cc3c(cc1C1(CCCCC1)O2)-c1sc(N=C(C#N)C#N)nc1OC31CCCCC1. The lowest BCUT2D eigenvalue weighted by Crippen LogP contribution is -2.40. The van der Waals surface area contributed by atoms with Crippen molar-refractivity contribution in [3.8, 4) is 50.8 Å². The summed E-state index contributed by atoms with van der Waals surface area (Å²) in [5, 5.41) is 28.4. The van der Waals surface area contributed by atoms with Gasteiger partial charge in [0, 0.05) is 22.3 Å². The summed E-state index contributed by atoms with van der Waals surface area (Å²) in [4.78, 5) is 22.5. The third-order valence-corrected chi connectivity index (χ3v) is 10.5. The fraction of sp³-hybridized carbons (Fsp3) is 0.400. The molecule has 4 heterocycles. The normalized spacial score (nSPS) is 18.8. The average molecular weight is 591 g/mol. The van der Waals surface area contributed by atoms with Crippen molar-refractivity contribution in [1.29, 1.82) is 15.8 Å². The van der Waals surface area contributed by atoms with Gasteiger partial charge in [-0.2, -0.15) is 25.5 Å². The Hall–Kier alpha value is -4.62. The number of hydrogen-bond acceptors (Lipinski definition) is 11. The van der Waals surface area contributed by atoms with Crippen LogP contribution in [0.1, 0.15) is 75.3 Å². The van der Waals surface area contributed by atoms with E-state index < -0.39 is 11.2 Å². The number of fused-ring (bicyclic) bond motifs is 8. The molecule has 3 aromatic rings. The second kappa shape index (κ2) is 10.0. The molecule has 12 heteroatoms. The third kappa shape index (κ3) is 4.07. The number of nitrogens with zero attached hydrogens (tertiary/aromatic N) is 8. The molecule has 1 aromatic carbocycles. The molecule has 7 rings (SSSR count). The standard InChI is InChI=1S/C30H22N8O2S2/c1-34-22(16-33)36-28-38-26-24(42-28)19-13-20-18(12-21(19)30(40-26)10-6-3-7-11-30)23-25(39-29(20)8-4-2-5-9-29)37-27(41-23)35-17(14-31)15-32/h12-13H,2-11H2/b36-22+. The van der Waals surface area contributed by atoms with Gasteiger partial charge in [0.2, 0.25) is 22.6 Å². The molecule has 2 fully saturated rings. The second-order valence-corrected chi connectivity index (χ2v) is 12.8. The molecule has 2 aromatic heterocycles. The van der Waals surface area contributed by atoms with Gasteiger partial charge in [-0.15, -0.1) is 0 Å². The first-order valence-electron chi connectivity index (χ1n) is 13.9. The summed E-state index contributed by atoms with van der Waals surface area (Å²) in [5.74, 6) is 0.734. The van der Waals surface area contributed by atoms with E-state index in [1.54, 1.807) is 0 Å². The first-order valence-corrected chi connectivity index (χ1v) is 15.5. The van der Waals surface area contributed by atoms with Crippen LogP contribution in [0.2, 0.25) is 0 Å². The number of hydrogen-bond donors (Lipinski definition) is 0. The molecule has 4 aliphatic rings. The number of rotatable bonds is 2. The van der Waals surface area contributed by atoms with Gasteiger partial charge in [-0.1, -0.05) is 47.1 Å². The lowest BCUT2D eigenvalue weighted by Gasteiger charge is -2.45. The number of aromatic nitrogens is 2. The molecule has 0 N–H and O–H groups in total. The van der Waals surface area contributed by atoms with Crippen molar-refractivity contribution >= 4 is 44.5 Å². The molecule has 0 atom stereocenters.